The Labute approximate surface area is 210 Å². The van der Waals surface area contributed by atoms with Crippen LogP contribution in [0.1, 0.15) is 57.2 Å². The van der Waals surface area contributed by atoms with Crippen molar-refractivity contribution in [3.8, 4) is 11.5 Å². The molecule has 7 nitrogen and oxygen atoms in total. The van der Waals surface area contributed by atoms with Crippen LogP contribution >= 0.6 is 0 Å². The van der Waals surface area contributed by atoms with Crippen molar-refractivity contribution >= 4 is 17.5 Å². The molecule has 0 aliphatic carbocycles. The Morgan fingerprint density at radius 1 is 0.944 bits per heavy atom. The average molecular weight is 490 g/mol. The number of phenolic OH excluding ortho intramolecular Hbond substituents is 1. The first-order valence-corrected chi connectivity index (χ1v) is 11.3. The van der Waals surface area contributed by atoms with Crippen molar-refractivity contribution in [3.05, 3.63) is 107 Å². The molecule has 3 aromatic rings. The van der Waals surface area contributed by atoms with Gasteiger partial charge < -0.3 is 21.1 Å². The number of ketones is 2. The fraction of sp³-hybridized carbons (Fsp3) is 0.207. The summed E-state index contributed by atoms with van der Waals surface area (Å²) in [4.78, 5) is 36.0. The molecule has 0 amide bonds. The highest BCUT2D eigenvalue weighted by Gasteiger charge is 2.19. The summed E-state index contributed by atoms with van der Waals surface area (Å²) in [5, 5.41) is 19.7. The van der Waals surface area contributed by atoms with Crippen molar-refractivity contribution in [1.29, 1.82) is 0 Å². The van der Waals surface area contributed by atoms with Gasteiger partial charge in [0, 0.05) is 29.5 Å². The van der Waals surface area contributed by atoms with E-state index in [1.807, 2.05) is 6.07 Å². The Hall–Kier alpha value is -4.23. The van der Waals surface area contributed by atoms with Gasteiger partial charge in [0.05, 0.1) is 5.56 Å². The monoisotopic (exact) mass is 489 g/mol. The normalized spacial score (nSPS) is 11.1. The number of carboxylic acid groups (broad SMARTS) is 1. The number of hydrogen-bond donors (Lipinski definition) is 3. The third kappa shape index (κ3) is 7.13. The van der Waals surface area contributed by atoms with Crippen LogP contribution in [0, 0.1) is 5.92 Å². The maximum Gasteiger partial charge on any atom is 0.303 e. The summed E-state index contributed by atoms with van der Waals surface area (Å²) in [7, 11) is 0. The van der Waals surface area contributed by atoms with Gasteiger partial charge in [-0.1, -0.05) is 49.4 Å². The largest absolute Gasteiger partial charge is 0.507 e. The highest BCUT2D eigenvalue weighted by atomic mass is 16.5. The van der Waals surface area contributed by atoms with Gasteiger partial charge in [0.25, 0.3) is 0 Å². The topological polar surface area (TPSA) is 136 Å². The van der Waals surface area contributed by atoms with Crippen LogP contribution in [-0.2, 0) is 17.8 Å². The summed E-state index contributed by atoms with van der Waals surface area (Å²) in [6, 6.07) is 18.8. The number of ether oxygens (including phenoxy) is 1. The number of allylic oxidation sites excluding steroid dienone is 1. The van der Waals surface area contributed by atoms with Gasteiger partial charge >= 0.3 is 5.97 Å². The van der Waals surface area contributed by atoms with Gasteiger partial charge in [-0.25, -0.2) is 0 Å². The van der Waals surface area contributed by atoms with Gasteiger partial charge in [-0.3, -0.25) is 14.4 Å². The number of phenols is 1. The van der Waals surface area contributed by atoms with Gasteiger partial charge in [-0.2, -0.15) is 0 Å². The molecule has 7 heteroatoms. The van der Waals surface area contributed by atoms with Crippen LogP contribution in [0.2, 0.25) is 0 Å². The summed E-state index contributed by atoms with van der Waals surface area (Å²) in [6.45, 7) is 5.64. The van der Waals surface area contributed by atoms with E-state index < -0.39 is 5.97 Å². The van der Waals surface area contributed by atoms with E-state index in [1.165, 1.54) is 0 Å². The number of carbonyl (C=O) groups is 3. The number of Topliss-reactive ketones (excluding diaryl/α,β-unsaturated/α-hetero) is 1. The summed E-state index contributed by atoms with van der Waals surface area (Å²) in [6.07, 6.45) is 2.12. The number of carbonyl (C=O) groups excluding carboxylic acids is 2. The summed E-state index contributed by atoms with van der Waals surface area (Å²) in [5.41, 5.74) is 2.49. The zero-order valence-corrected chi connectivity index (χ0v) is 20.3. The van der Waals surface area contributed by atoms with E-state index in [0.29, 0.717) is 28.9 Å². The Balaban J connectivity index is 0.00000456. The minimum Gasteiger partial charge on any atom is -0.507 e. The maximum absolute atomic E-state index is 12.8. The van der Waals surface area contributed by atoms with Crippen molar-refractivity contribution in [1.82, 2.24) is 6.15 Å². The molecule has 0 radical (unpaired) electrons. The predicted molar refractivity (Wildman–Crippen MR) is 138 cm³/mol. The Morgan fingerprint density at radius 3 is 2.22 bits per heavy atom. The molecule has 0 bridgehead atoms. The standard InChI is InChI=1S/C29H28O6.H3N/c1-3-7-24-22(12-15-25(29(24)34)28(33)21-8-5-4-6-9-21)18-35-23-13-10-20(11-14-23)26(30)16-19(2)17-27(31)32;/h3-6,8-15,19,34H,1,7,16-18H2,2H3,(H,31,32);1H3. The molecule has 0 aliphatic heterocycles. The smallest absolute Gasteiger partial charge is 0.303 e. The molecule has 188 valence electrons. The summed E-state index contributed by atoms with van der Waals surface area (Å²) in [5.74, 6) is -1.11. The highest BCUT2D eigenvalue weighted by molar-refractivity contribution is 6.11. The Morgan fingerprint density at radius 2 is 1.61 bits per heavy atom. The van der Waals surface area contributed by atoms with E-state index in [-0.39, 0.29) is 54.4 Å². The summed E-state index contributed by atoms with van der Waals surface area (Å²) >= 11 is 0. The number of benzene rings is 3. The van der Waals surface area contributed by atoms with E-state index in [1.54, 1.807) is 73.7 Å². The van der Waals surface area contributed by atoms with Crippen molar-refractivity contribution in [2.24, 2.45) is 5.92 Å². The van der Waals surface area contributed by atoms with Crippen molar-refractivity contribution in [2.45, 2.75) is 32.8 Å². The van der Waals surface area contributed by atoms with Gasteiger partial charge in [0.15, 0.2) is 11.6 Å². The third-order valence-corrected chi connectivity index (χ3v) is 5.64. The van der Waals surface area contributed by atoms with Crippen LogP contribution in [0.4, 0.5) is 0 Å². The molecule has 3 rings (SSSR count). The number of hydrogen-bond acceptors (Lipinski definition) is 6. The van der Waals surface area contributed by atoms with Crippen LogP contribution in [0.5, 0.6) is 11.5 Å². The third-order valence-electron chi connectivity index (χ3n) is 5.64. The highest BCUT2D eigenvalue weighted by Crippen LogP contribution is 2.30. The van der Waals surface area contributed by atoms with Crippen molar-refractivity contribution < 1.29 is 29.3 Å². The lowest BCUT2D eigenvalue weighted by Gasteiger charge is -2.15. The van der Waals surface area contributed by atoms with Crippen molar-refractivity contribution in [2.75, 3.05) is 0 Å². The van der Waals surface area contributed by atoms with Gasteiger partial charge in [-0.05, 0) is 48.2 Å². The molecular weight excluding hydrogens is 458 g/mol. The van der Waals surface area contributed by atoms with E-state index in [0.717, 1.165) is 5.56 Å². The van der Waals surface area contributed by atoms with Crippen molar-refractivity contribution in [3.63, 3.8) is 0 Å². The molecule has 0 aromatic heterocycles. The quantitative estimate of drug-likeness (QED) is 0.217. The number of rotatable bonds is 12. The first kappa shape index (κ1) is 28.0. The predicted octanol–water partition coefficient (Wildman–Crippen LogP) is 5.78. The summed E-state index contributed by atoms with van der Waals surface area (Å²) < 4.78 is 5.87. The van der Waals surface area contributed by atoms with E-state index in [2.05, 4.69) is 6.58 Å². The lowest BCUT2D eigenvalue weighted by Crippen LogP contribution is -2.10. The molecule has 3 aromatic carbocycles. The fourth-order valence-corrected chi connectivity index (χ4v) is 3.82. The average Bonchev–Trinajstić information content (AvgIpc) is 2.84. The van der Waals surface area contributed by atoms with Gasteiger partial charge in [0.2, 0.25) is 0 Å². The van der Waals surface area contributed by atoms with E-state index in [4.69, 9.17) is 9.84 Å². The molecular formula is C29H31NO6. The zero-order chi connectivity index (χ0) is 25.4. The van der Waals surface area contributed by atoms with E-state index >= 15 is 0 Å². The second-order valence-electron chi connectivity index (χ2n) is 8.43. The zero-order valence-electron chi connectivity index (χ0n) is 20.3. The van der Waals surface area contributed by atoms with Crippen LogP contribution in [0.25, 0.3) is 0 Å². The Bertz CT molecular complexity index is 1220. The molecule has 0 saturated carbocycles. The SMILES string of the molecule is C=CCc1c(COc2ccc(C(=O)CC(C)CC(=O)O)cc2)ccc(C(=O)c2ccccc2)c1O.N. The molecule has 36 heavy (non-hydrogen) atoms. The van der Waals surface area contributed by atoms with E-state index in [9.17, 15) is 19.5 Å². The molecule has 0 heterocycles. The maximum atomic E-state index is 12.8. The first-order chi connectivity index (χ1) is 16.8. The molecule has 1 atom stereocenters. The van der Waals surface area contributed by atoms with Crippen LogP contribution in [0.3, 0.4) is 0 Å². The number of carboxylic acids is 1. The van der Waals surface area contributed by atoms with Gasteiger partial charge in [-0.15, -0.1) is 6.58 Å². The first-order valence-electron chi connectivity index (χ1n) is 11.3. The Kier molecular flexibility index (Phi) is 10.1. The number of aliphatic carboxylic acids is 1. The molecule has 0 spiro atoms. The molecule has 0 aliphatic rings. The minimum absolute atomic E-state index is 0. The minimum atomic E-state index is -0.923. The molecule has 0 fully saturated rings. The lowest BCUT2D eigenvalue weighted by molar-refractivity contribution is -0.137. The fourth-order valence-electron chi connectivity index (χ4n) is 3.82. The molecule has 1 unspecified atom stereocenters. The van der Waals surface area contributed by atoms with Crippen LogP contribution < -0.4 is 10.9 Å². The van der Waals surface area contributed by atoms with Crippen LogP contribution in [-0.4, -0.2) is 27.7 Å². The van der Waals surface area contributed by atoms with Gasteiger partial charge in [0.1, 0.15) is 18.1 Å². The second kappa shape index (κ2) is 13.0. The number of aromatic hydroxyl groups is 1. The molecule has 0 saturated heterocycles. The lowest BCUT2D eigenvalue weighted by atomic mass is 9.95. The molecule has 5 N–H and O–H groups in total. The second-order valence-corrected chi connectivity index (χ2v) is 8.43. The van der Waals surface area contributed by atoms with Crippen LogP contribution in [0.15, 0.2) is 79.4 Å².